The first-order valence-corrected chi connectivity index (χ1v) is 9.50. The number of hydrogen-bond donors (Lipinski definition) is 2. The quantitative estimate of drug-likeness (QED) is 0.564. The van der Waals surface area contributed by atoms with Crippen molar-refractivity contribution in [1.82, 2.24) is 4.98 Å². The van der Waals surface area contributed by atoms with Crippen LogP contribution in [0.25, 0.3) is 0 Å². The summed E-state index contributed by atoms with van der Waals surface area (Å²) in [5, 5.41) is 0. The Kier molecular flexibility index (Phi) is 5.21. The molecule has 0 radical (unpaired) electrons. The Bertz CT molecular complexity index is 1210. The second-order valence-electron chi connectivity index (χ2n) is 7.32. The molecule has 0 bridgehead atoms. The lowest BCUT2D eigenvalue weighted by atomic mass is 10.0. The van der Waals surface area contributed by atoms with Crippen LogP contribution >= 0.6 is 0 Å². The number of rotatable bonds is 6. The van der Waals surface area contributed by atoms with E-state index in [2.05, 4.69) is 4.98 Å². The van der Waals surface area contributed by atoms with Gasteiger partial charge in [-0.1, -0.05) is 0 Å². The van der Waals surface area contributed by atoms with Crippen LogP contribution < -0.4 is 21.1 Å². The maximum absolute atomic E-state index is 15.1. The minimum absolute atomic E-state index is 0.0396. The summed E-state index contributed by atoms with van der Waals surface area (Å²) >= 11 is 0. The van der Waals surface area contributed by atoms with E-state index in [1.807, 2.05) is 0 Å². The van der Waals surface area contributed by atoms with Crippen molar-refractivity contribution in [3.63, 3.8) is 0 Å². The zero-order chi connectivity index (χ0) is 23.0. The molecule has 3 aromatic rings. The lowest BCUT2D eigenvalue weighted by Crippen LogP contribution is -2.41. The molecule has 4 N–H and O–H groups in total. The fourth-order valence-electron chi connectivity index (χ4n) is 3.25. The Morgan fingerprint density at radius 1 is 1.00 bits per heavy atom. The summed E-state index contributed by atoms with van der Waals surface area (Å²) in [5.41, 5.74) is 8.98. The minimum atomic E-state index is -1.53. The van der Waals surface area contributed by atoms with Gasteiger partial charge in [0.25, 0.3) is 0 Å². The first kappa shape index (κ1) is 21.2. The Morgan fingerprint density at radius 3 is 2.28 bits per heavy atom. The number of nitrogens with zero attached hydrogens (tertiary/aromatic N) is 2. The molecule has 1 aliphatic carbocycles. The van der Waals surface area contributed by atoms with E-state index in [0.717, 1.165) is 29.2 Å². The molecule has 0 unspecified atom stereocenters. The van der Waals surface area contributed by atoms with Crippen molar-refractivity contribution in [2.24, 2.45) is 11.1 Å². The number of amides is 2. The molecule has 0 atom stereocenters. The van der Waals surface area contributed by atoms with Crippen LogP contribution in [0.1, 0.15) is 12.8 Å². The van der Waals surface area contributed by atoms with Gasteiger partial charge in [0, 0.05) is 30.1 Å². The smallest absolute Gasteiger partial charge is 0.247 e. The number of halogens is 3. The van der Waals surface area contributed by atoms with Crippen molar-refractivity contribution in [3.05, 3.63) is 72.2 Å². The molecule has 164 valence electrons. The molecule has 32 heavy (non-hydrogen) atoms. The molecule has 0 aliphatic heterocycles. The highest BCUT2D eigenvalue weighted by atomic mass is 19.1. The summed E-state index contributed by atoms with van der Waals surface area (Å²) in [7, 11) is 0. The number of ether oxygens (including phenoxy) is 1. The van der Waals surface area contributed by atoms with Crippen molar-refractivity contribution in [2.45, 2.75) is 12.8 Å². The molecule has 0 saturated heterocycles. The number of nitrogen functional groups attached to an aromatic ring is 1. The van der Waals surface area contributed by atoms with Crippen molar-refractivity contribution in [3.8, 4) is 11.5 Å². The van der Waals surface area contributed by atoms with E-state index < -0.39 is 46.1 Å². The Balaban J connectivity index is 1.77. The third-order valence-electron chi connectivity index (χ3n) is 5.14. The monoisotopic (exact) mass is 442 g/mol. The van der Waals surface area contributed by atoms with Crippen LogP contribution in [0.3, 0.4) is 0 Å². The highest BCUT2D eigenvalue weighted by molar-refractivity contribution is 6.16. The molecule has 10 heteroatoms. The maximum Gasteiger partial charge on any atom is 0.247 e. The minimum Gasteiger partial charge on any atom is -0.454 e. The first-order chi connectivity index (χ1) is 15.2. The summed E-state index contributed by atoms with van der Waals surface area (Å²) in [5.74, 6) is -4.50. The van der Waals surface area contributed by atoms with E-state index in [1.54, 1.807) is 0 Å². The Morgan fingerprint density at radius 2 is 1.69 bits per heavy atom. The lowest BCUT2D eigenvalue weighted by Gasteiger charge is -2.27. The Labute approximate surface area is 180 Å². The zero-order valence-corrected chi connectivity index (χ0v) is 16.5. The predicted molar refractivity (Wildman–Crippen MR) is 109 cm³/mol. The molecule has 2 amide bonds. The molecular formula is C22H17F3N4O3. The highest BCUT2D eigenvalue weighted by Gasteiger charge is 2.57. The van der Waals surface area contributed by atoms with Gasteiger partial charge >= 0.3 is 0 Å². The third-order valence-corrected chi connectivity index (χ3v) is 5.14. The molecule has 1 fully saturated rings. The summed E-state index contributed by atoms with van der Waals surface area (Å²) < 4.78 is 48.8. The molecule has 7 nitrogen and oxygen atoms in total. The van der Waals surface area contributed by atoms with Gasteiger partial charge in [0.05, 0.1) is 5.69 Å². The van der Waals surface area contributed by atoms with Crippen molar-refractivity contribution < 1.29 is 27.5 Å². The zero-order valence-electron chi connectivity index (χ0n) is 16.5. The number of benzene rings is 2. The average Bonchev–Trinajstić information content (AvgIpc) is 3.55. The number of hydrogen-bond acceptors (Lipinski definition) is 5. The predicted octanol–water partition coefficient (Wildman–Crippen LogP) is 3.80. The van der Waals surface area contributed by atoms with Crippen LogP contribution in [0, 0.1) is 22.9 Å². The molecule has 1 saturated carbocycles. The van der Waals surface area contributed by atoms with Gasteiger partial charge in [-0.05, 0) is 43.2 Å². The number of primary amides is 1. The molecule has 1 aromatic heterocycles. The molecule has 1 aliphatic rings. The van der Waals surface area contributed by atoms with Gasteiger partial charge in [-0.3, -0.25) is 14.5 Å². The molecule has 1 heterocycles. The topological polar surface area (TPSA) is 112 Å². The maximum atomic E-state index is 15.1. The summed E-state index contributed by atoms with van der Waals surface area (Å²) in [6, 6.07) is 8.78. The first-order valence-electron chi connectivity index (χ1n) is 9.50. The van der Waals surface area contributed by atoms with Crippen LogP contribution in [-0.2, 0) is 9.59 Å². The van der Waals surface area contributed by atoms with Gasteiger partial charge in [0.2, 0.25) is 11.8 Å². The largest absolute Gasteiger partial charge is 0.454 e. The van der Waals surface area contributed by atoms with E-state index in [1.165, 1.54) is 30.5 Å². The third kappa shape index (κ3) is 3.82. The van der Waals surface area contributed by atoms with Gasteiger partial charge in [0.15, 0.2) is 17.4 Å². The van der Waals surface area contributed by atoms with E-state index in [4.69, 9.17) is 16.2 Å². The number of carbonyl (C=O) groups is 2. The van der Waals surface area contributed by atoms with E-state index in [0.29, 0.717) is 0 Å². The summed E-state index contributed by atoms with van der Waals surface area (Å²) in [6.45, 7) is 0. The van der Waals surface area contributed by atoms with Crippen LogP contribution in [0.4, 0.5) is 30.4 Å². The van der Waals surface area contributed by atoms with Gasteiger partial charge in [0.1, 0.15) is 22.8 Å². The molecule has 4 rings (SSSR count). The second kappa shape index (κ2) is 7.88. The van der Waals surface area contributed by atoms with Crippen LogP contribution in [0.15, 0.2) is 54.7 Å². The normalized spacial score (nSPS) is 14.0. The van der Waals surface area contributed by atoms with E-state index in [9.17, 15) is 18.4 Å². The number of nitrogens with two attached hydrogens (primary N) is 2. The number of aromatic nitrogens is 1. The van der Waals surface area contributed by atoms with Crippen molar-refractivity contribution in [1.29, 1.82) is 0 Å². The number of anilines is 3. The van der Waals surface area contributed by atoms with Crippen molar-refractivity contribution >= 4 is 29.0 Å². The summed E-state index contributed by atoms with van der Waals surface area (Å²) in [4.78, 5) is 29.7. The lowest BCUT2D eigenvalue weighted by molar-refractivity contribution is -0.133. The molecular weight excluding hydrogens is 425 g/mol. The standard InChI is InChI=1S/C22H17F3N4O3/c23-12-1-3-13(4-2-12)29(21(31)22(6-7-22)20(27)30)17-10-16(25)18(11-15(17)24)32-14-5-8-28-19(26)9-14/h1-5,8-11H,6-7H2,(H2,26,28)(H2,27,30). The average molecular weight is 442 g/mol. The van der Waals surface area contributed by atoms with Gasteiger partial charge in [-0.25, -0.2) is 18.2 Å². The van der Waals surface area contributed by atoms with Crippen LogP contribution in [0.2, 0.25) is 0 Å². The highest BCUT2D eigenvalue weighted by Crippen LogP contribution is 2.49. The van der Waals surface area contributed by atoms with Gasteiger partial charge < -0.3 is 16.2 Å². The van der Waals surface area contributed by atoms with Gasteiger partial charge in [-0.15, -0.1) is 0 Å². The summed E-state index contributed by atoms with van der Waals surface area (Å²) in [6.07, 6.45) is 1.68. The van der Waals surface area contributed by atoms with Crippen molar-refractivity contribution in [2.75, 3.05) is 10.6 Å². The second-order valence-corrected chi connectivity index (χ2v) is 7.32. The fraction of sp³-hybridized carbons (Fsp3) is 0.136. The molecule has 0 spiro atoms. The number of pyridine rings is 1. The van der Waals surface area contributed by atoms with E-state index >= 15 is 4.39 Å². The van der Waals surface area contributed by atoms with Crippen LogP contribution in [-0.4, -0.2) is 16.8 Å². The van der Waals surface area contributed by atoms with Crippen LogP contribution in [0.5, 0.6) is 11.5 Å². The van der Waals surface area contributed by atoms with Gasteiger partial charge in [-0.2, -0.15) is 0 Å². The number of carbonyl (C=O) groups excluding carboxylic acids is 2. The van der Waals surface area contributed by atoms with E-state index in [-0.39, 0.29) is 30.1 Å². The SMILES string of the molecule is NC(=O)C1(C(=O)N(c2ccc(F)cc2)c2cc(F)c(Oc3ccnc(N)c3)cc2F)CC1. The molecule has 2 aromatic carbocycles. The Hall–Kier alpha value is -4.08. The fourth-order valence-corrected chi connectivity index (χ4v) is 3.25.